The van der Waals surface area contributed by atoms with E-state index in [0.717, 1.165) is 35.5 Å². The summed E-state index contributed by atoms with van der Waals surface area (Å²) in [6.07, 6.45) is 0.921. The molecule has 1 aliphatic rings. The minimum absolute atomic E-state index is 0.463. The summed E-state index contributed by atoms with van der Waals surface area (Å²) in [6.45, 7) is 1.19. The lowest BCUT2D eigenvalue weighted by atomic mass is 9.98. The maximum absolute atomic E-state index is 6.06. The number of hydrogen-bond donors (Lipinski definition) is 1. The average molecular weight is 294 g/mol. The SMILES string of the molecule is NCc1cc(-c2cc(Cl)cc(Cl)c2)cc2c1OCC2. The fourth-order valence-electron chi connectivity index (χ4n) is 2.43. The van der Waals surface area contributed by atoms with E-state index in [1.165, 1.54) is 5.56 Å². The van der Waals surface area contributed by atoms with Crippen molar-refractivity contribution in [1.82, 2.24) is 0 Å². The molecule has 1 aliphatic heterocycles. The van der Waals surface area contributed by atoms with Gasteiger partial charge in [0, 0.05) is 28.6 Å². The van der Waals surface area contributed by atoms with Gasteiger partial charge < -0.3 is 10.5 Å². The molecule has 4 heteroatoms. The van der Waals surface area contributed by atoms with Gasteiger partial charge in [0.25, 0.3) is 0 Å². The Kier molecular flexibility index (Phi) is 3.40. The molecule has 2 aromatic carbocycles. The molecule has 0 spiro atoms. The first-order valence-electron chi connectivity index (χ1n) is 6.12. The predicted octanol–water partition coefficient (Wildman–Crippen LogP) is 4.05. The van der Waals surface area contributed by atoms with Crippen LogP contribution in [0.5, 0.6) is 5.75 Å². The summed E-state index contributed by atoms with van der Waals surface area (Å²) in [7, 11) is 0. The van der Waals surface area contributed by atoms with E-state index >= 15 is 0 Å². The molecule has 0 amide bonds. The predicted molar refractivity (Wildman–Crippen MR) is 79.0 cm³/mol. The number of hydrogen-bond acceptors (Lipinski definition) is 2. The lowest BCUT2D eigenvalue weighted by Gasteiger charge is -2.10. The van der Waals surface area contributed by atoms with Gasteiger partial charge in [-0.3, -0.25) is 0 Å². The highest BCUT2D eigenvalue weighted by atomic mass is 35.5. The third kappa shape index (κ3) is 2.44. The minimum Gasteiger partial charge on any atom is -0.493 e. The van der Waals surface area contributed by atoms with Crippen molar-refractivity contribution in [3.8, 4) is 16.9 Å². The van der Waals surface area contributed by atoms with Gasteiger partial charge in [-0.1, -0.05) is 23.2 Å². The monoisotopic (exact) mass is 293 g/mol. The van der Waals surface area contributed by atoms with E-state index in [1.54, 1.807) is 6.07 Å². The van der Waals surface area contributed by atoms with Crippen LogP contribution >= 0.6 is 23.2 Å². The summed E-state index contributed by atoms with van der Waals surface area (Å²) in [5.41, 5.74) is 10.1. The van der Waals surface area contributed by atoms with Crippen molar-refractivity contribution >= 4 is 23.2 Å². The molecule has 98 valence electrons. The highest BCUT2D eigenvalue weighted by molar-refractivity contribution is 6.35. The summed E-state index contributed by atoms with van der Waals surface area (Å²) < 4.78 is 5.63. The van der Waals surface area contributed by atoms with E-state index < -0.39 is 0 Å². The quantitative estimate of drug-likeness (QED) is 0.906. The first-order chi connectivity index (χ1) is 9.17. The lowest BCUT2D eigenvalue weighted by molar-refractivity contribution is 0.353. The van der Waals surface area contributed by atoms with E-state index in [0.29, 0.717) is 16.6 Å². The molecule has 2 nitrogen and oxygen atoms in total. The number of rotatable bonds is 2. The number of nitrogens with two attached hydrogens (primary N) is 1. The molecule has 2 N–H and O–H groups in total. The fraction of sp³-hybridized carbons (Fsp3) is 0.200. The molecule has 0 bridgehead atoms. The van der Waals surface area contributed by atoms with Gasteiger partial charge in [-0.25, -0.2) is 0 Å². The Bertz CT molecular complexity index is 620. The number of ether oxygens (including phenoxy) is 1. The van der Waals surface area contributed by atoms with Crippen molar-refractivity contribution in [2.24, 2.45) is 5.73 Å². The molecule has 0 saturated carbocycles. The maximum atomic E-state index is 6.06. The highest BCUT2D eigenvalue weighted by Crippen LogP contribution is 2.36. The zero-order valence-electron chi connectivity index (χ0n) is 10.2. The molecule has 19 heavy (non-hydrogen) atoms. The van der Waals surface area contributed by atoms with Crippen LogP contribution in [0.25, 0.3) is 11.1 Å². The van der Waals surface area contributed by atoms with Crippen molar-refractivity contribution in [3.05, 3.63) is 51.5 Å². The van der Waals surface area contributed by atoms with Crippen LogP contribution in [0.1, 0.15) is 11.1 Å². The lowest BCUT2D eigenvalue weighted by Crippen LogP contribution is -2.00. The molecule has 0 radical (unpaired) electrons. The standard InChI is InChI=1S/C15H13Cl2NO/c16-13-5-11(6-14(17)7-13)10-3-9-1-2-19-15(9)12(4-10)8-18/h3-7H,1-2,8,18H2. The highest BCUT2D eigenvalue weighted by Gasteiger charge is 2.17. The van der Waals surface area contributed by atoms with E-state index in [-0.39, 0.29) is 0 Å². The van der Waals surface area contributed by atoms with E-state index in [4.69, 9.17) is 33.7 Å². The second kappa shape index (κ2) is 5.04. The van der Waals surface area contributed by atoms with Gasteiger partial charge in [-0.2, -0.15) is 0 Å². The van der Waals surface area contributed by atoms with Gasteiger partial charge in [0.2, 0.25) is 0 Å². The Morgan fingerprint density at radius 1 is 1.00 bits per heavy atom. The molecule has 3 rings (SSSR count). The third-order valence-corrected chi connectivity index (χ3v) is 3.71. The molecule has 0 fully saturated rings. The van der Waals surface area contributed by atoms with Crippen molar-refractivity contribution in [3.63, 3.8) is 0 Å². The van der Waals surface area contributed by atoms with Crippen LogP contribution in [0.4, 0.5) is 0 Å². The minimum atomic E-state index is 0.463. The maximum Gasteiger partial charge on any atom is 0.127 e. The van der Waals surface area contributed by atoms with Crippen LogP contribution < -0.4 is 10.5 Å². The summed E-state index contributed by atoms with van der Waals surface area (Å²) in [5.74, 6) is 0.944. The van der Waals surface area contributed by atoms with Gasteiger partial charge in [0.1, 0.15) is 5.75 Å². The molecule has 1 heterocycles. The van der Waals surface area contributed by atoms with Crippen molar-refractivity contribution in [1.29, 1.82) is 0 Å². The third-order valence-electron chi connectivity index (χ3n) is 3.28. The van der Waals surface area contributed by atoms with Gasteiger partial charge in [-0.15, -0.1) is 0 Å². The summed E-state index contributed by atoms with van der Waals surface area (Å²) in [5, 5.41) is 1.27. The molecule has 0 unspecified atom stereocenters. The molecular weight excluding hydrogens is 281 g/mol. The first kappa shape index (κ1) is 12.8. The van der Waals surface area contributed by atoms with Crippen LogP contribution in [0, 0.1) is 0 Å². The molecule has 0 aromatic heterocycles. The Balaban J connectivity index is 2.15. The smallest absolute Gasteiger partial charge is 0.127 e. The zero-order chi connectivity index (χ0) is 13.4. The second-order valence-electron chi connectivity index (χ2n) is 4.58. The Hall–Kier alpha value is -1.22. The van der Waals surface area contributed by atoms with Crippen molar-refractivity contribution < 1.29 is 4.74 Å². The van der Waals surface area contributed by atoms with Crippen molar-refractivity contribution in [2.45, 2.75) is 13.0 Å². The Morgan fingerprint density at radius 2 is 1.68 bits per heavy atom. The number of halogens is 2. The summed E-state index contributed by atoms with van der Waals surface area (Å²) in [4.78, 5) is 0. The van der Waals surface area contributed by atoms with Gasteiger partial charge in [-0.05, 0) is 47.0 Å². The summed E-state index contributed by atoms with van der Waals surface area (Å²) in [6, 6.07) is 9.72. The molecule has 0 atom stereocenters. The number of fused-ring (bicyclic) bond motifs is 1. The van der Waals surface area contributed by atoms with Gasteiger partial charge in [0.05, 0.1) is 6.61 Å². The zero-order valence-corrected chi connectivity index (χ0v) is 11.8. The molecule has 0 aliphatic carbocycles. The fourth-order valence-corrected chi connectivity index (χ4v) is 2.95. The van der Waals surface area contributed by atoms with Crippen LogP contribution in [0.3, 0.4) is 0 Å². The molecule has 2 aromatic rings. The molecule has 0 saturated heterocycles. The van der Waals surface area contributed by atoms with Gasteiger partial charge >= 0.3 is 0 Å². The summed E-state index contributed by atoms with van der Waals surface area (Å²) >= 11 is 12.1. The van der Waals surface area contributed by atoms with Crippen LogP contribution in [0.15, 0.2) is 30.3 Å². The van der Waals surface area contributed by atoms with Crippen LogP contribution in [0.2, 0.25) is 10.0 Å². The Labute approximate surface area is 122 Å². The van der Waals surface area contributed by atoms with Gasteiger partial charge in [0.15, 0.2) is 0 Å². The average Bonchev–Trinajstić information content (AvgIpc) is 2.84. The van der Waals surface area contributed by atoms with Crippen LogP contribution in [-0.2, 0) is 13.0 Å². The Morgan fingerprint density at radius 3 is 2.37 bits per heavy atom. The van der Waals surface area contributed by atoms with Crippen LogP contribution in [-0.4, -0.2) is 6.61 Å². The van der Waals surface area contributed by atoms with E-state index in [9.17, 15) is 0 Å². The second-order valence-corrected chi connectivity index (χ2v) is 5.46. The van der Waals surface area contributed by atoms with E-state index in [2.05, 4.69) is 6.07 Å². The van der Waals surface area contributed by atoms with E-state index in [1.807, 2.05) is 18.2 Å². The molecular formula is C15H13Cl2NO. The largest absolute Gasteiger partial charge is 0.493 e. The van der Waals surface area contributed by atoms with Crippen molar-refractivity contribution in [2.75, 3.05) is 6.61 Å². The first-order valence-corrected chi connectivity index (χ1v) is 6.88. The number of benzene rings is 2. The normalized spacial score (nSPS) is 13.2. The topological polar surface area (TPSA) is 35.2 Å².